The van der Waals surface area contributed by atoms with E-state index < -0.39 is 12.0 Å². The average Bonchev–Trinajstić information content (AvgIpc) is 2.85. The van der Waals surface area contributed by atoms with E-state index in [2.05, 4.69) is 21.2 Å². The van der Waals surface area contributed by atoms with Crippen LogP contribution in [0.2, 0.25) is 0 Å². The minimum Gasteiger partial charge on any atom is -0.480 e. The van der Waals surface area contributed by atoms with E-state index >= 15 is 0 Å². The highest BCUT2D eigenvalue weighted by Gasteiger charge is 2.11. The molecule has 0 spiro atoms. The van der Waals surface area contributed by atoms with Gasteiger partial charge in [-0.05, 0) is 31.2 Å². The lowest BCUT2D eigenvalue weighted by molar-refractivity contribution is -0.139. The lowest BCUT2D eigenvalue weighted by atomic mass is 10.2. The smallest absolute Gasteiger partial charge is 0.320 e. The number of carboxylic acid groups (broad SMARTS) is 1. The highest BCUT2D eigenvalue weighted by atomic mass is 79.9. The normalized spacial score (nSPS) is 12.3. The fourth-order valence-corrected chi connectivity index (χ4v) is 1.85. The second-order valence-electron chi connectivity index (χ2n) is 4.21. The monoisotopic (exact) mass is 323 g/mol. The number of carboxylic acids is 1. The molecule has 0 unspecified atom stereocenters. The Labute approximate surface area is 119 Å². The van der Waals surface area contributed by atoms with Gasteiger partial charge in [-0.3, -0.25) is 10.1 Å². The second kappa shape index (κ2) is 6.04. The van der Waals surface area contributed by atoms with Gasteiger partial charge in [-0.2, -0.15) is 0 Å². The Morgan fingerprint density at radius 2 is 2.00 bits per heavy atom. The highest BCUT2D eigenvalue weighted by molar-refractivity contribution is 9.10. The predicted molar refractivity (Wildman–Crippen MR) is 75.8 cm³/mol. The SMILES string of the molecule is C[C@@H](NCc1ccc(-c2ccc(Br)cc2)o1)C(=O)O. The van der Waals surface area contributed by atoms with Gasteiger partial charge < -0.3 is 9.52 Å². The van der Waals surface area contributed by atoms with Crippen LogP contribution in [0, 0.1) is 0 Å². The van der Waals surface area contributed by atoms with Crippen molar-refractivity contribution in [2.45, 2.75) is 19.5 Å². The summed E-state index contributed by atoms with van der Waals surface area (Å²) in [4.78, 5) is 10.7. The average molecular weight is 324 g/mol. The van der Waals surface area contributed by atoms with E-state index in [9.17, 15) is 4.79 Å². The molecule has 0 aliphatic rings. The summed E-state index contributed by atoms with van der Waals surface area (Å²) in [6, 6.07) is 10.9. The molecule has 19 heavy (non-hydrogen) atoms. The summed E-state index contributed by atoms with van der Waals surface area (Å²) >= 11 is 3.38. The quantitative estimate of drug-likeness (QED) is 0.886. The summed E-state index contributed by atoms with van der Waals surface area (Å²) in [5, 5.41) is 11.6. The Kier molecular flexibility index (Phi) is 4.39. The lowest BCUT2D eigenvalue weighted by Gasteiger charge is -2.06. The van der Waals surface area contributed by atoms with Gasteiger partial charge in [-0.25, -0.2) is 0 Å². The lowest BCUT2D eigenvalue weighted by Crippen LogP contribution is -2.32. The molecule has 1 aromatic heterocycles. The van der Waals surface area contributed by atoms with Gasteiger partial charge in [0.15, 0.2) is 0 Å². The van der Waals surface area contributed by atoms with E-state index in [0.717, 1.165) is 15.8 Å². The van der Waals surface area contributed by atoms with Crippen molar-refractivity contribution in [2.75, 3.05) is 0 Å². The maximum atomic E-state index is 10.7. The number of carbonyl (C=O) groups is 1. The van der Waals surface area contributed by atoms with Crippen LogP contribution in [0.25, 0.3) is 11.3 Å². The van der Waals surface area contributed by atoms with Crippen LogP contribution in [-0.4, -0.2) is 17.1 Å². The number of aliphatic carboxylic acids is 1. The molecule has 0 bridgehead atoms. The van der Waals surface area contributed by atoms with E-state index in [1.165, 1.54) is 0 Å². The van der Waals surface area contributed by atoms with E-state index in [1.807, 2.05) is 36.4 Å². The molecule has 0 aliphatic heterocycles. The van der Waals surface area contributed by atoms with E-state index in [0.29, 0.717) is 12.3 Å². The van der Waals surface area contributed by atoms with Crippen LogP contribution in [0.1, 0.15) is 12.7 Å². The van der Waals surface area contributed by atoms with Crippen molar-refractivity contribution in [1.82, 2.24) is 5.32 Å². The molecule has 4 nitrogen and oxygen atoms in total. The molecule has 0 radical (unpaired) electrons. The van der Waals surface area contributed by atoms with Gasteiger partial charge in [0.2, 0.25) is 0 Å². The summed E-state index contributed by atoms with van der Waals surface area (Å²) in [5.74, 6) is 0.609. The Balaban J connectivity index is 2.03. The molecule has 2 rings (SSSR count). The number of furan rings is 1. The minimum atomic E-state index is -0.875. The van der Waals surface area contributed by atoms with Gasteiger partial charge in [0.25, 0.3) is 0 Å². The van der Waals surface area contributed by atoms with Crippen molar-refractivity contribution in [3.05, 3.63) is 46.6 Å². The van der Waals surface area contributed by atoms with Crippen molar-refractivity contribution in [1.29, 1.82) is 0 Å². The van der Waals surface area contributed by atoms with Crippen LogP contribution in [0.5, 0.6) is 0 Å². The number of hydrogen-bond donors (Lipinski definition) is 2. The van der Waals surface area contributed by atoms with Crippen LogP contribution in [0.15, 0.2) is 45.3 Å². The fraction of sp³-hybridized carbons (Fsp3) is 0.214. The molecule has 0 amide bonds. The Morgan fingerprint density at radius 1 is 1.32 bits per heavy atom. The van der Waals surface area contributed by atoms with E-state index in [-0.39, 0.29) is 0 Å². The summed E-state index contributed by atoms with van der Waals surface area (Å²) in [7, 11) is 0. The van der Waals surface area contributed by atoms with Gasteiger partial charge in [-0.15, -0.1) is 0 Å². The second-order valence-corrected chi connectivity index (χ2v) is 5.13. The van der Waals surface area contributed by atoms with Crippen LogP contribution < -0.4 is 5.32 Å². The zero-order valence-corrected chi connectivity index (χ0v) is 12.0. The molecule has 100 valence electrons. The molecule has 1 atom stereocenters. The van der Waals surface area contributed by atoms with Crippen LogP contribution in [0.3, 0.4) is 0 Å². The number of rotatable bonds is 5. The molecule has 2 aromatic rings. The van der Waals surface area contributed by atoms with Gasteiger partial charge >= 0.3 is 5.97 Å². The molecule has 0 fully saturated rings. The van der Waals surface area contributed by atoms with Crippen LogP contribution in [-0.2, 0) is 11.3 Å². The van der Waals surface area contributed by atoms with Gasteiger partial charge in [0.1, 0.15) is 17.6 Å². The minimum absolute atomic E-state index is 0.393. The number of nitrogens with one attached hydrogen (secondary N) is 1. The number of hydrogen-bond acceptors (Lipinski definition) is 3. The first-order valence-electron chi connectivity index (χ1n) is 5.87. The van der Waals surface area contributed by atoms with Gasteiger partial charge in [0.05, 0.1) is 6.54 Å². The Bertz CT molecular complexity index is 562. The van der Waals surface area contributed by atoms with Crippen molar-refractivity contribution in [2.24, 2.45) is 0 Å². The highest BCUT2D eigenvalue weighted by Crippen LogP contribution is 2.23. The molecular weight excluding hydrogens is 310 g/mol. The first kappa shape index (κ1) is 13.8. The summed E-state index contributed by atoms with van der Waals surface area (Å²) < 4.78 is 6.68. The Hall–Kier alpha value is -1.59. The third-order valence-electron chi connectivity index (χ3n) is 2.74. The number of benzene rings is 1. The van der Waals surface area contributed by atoms with E-state index in [4.69, 9.17) is 9.52 Å². The molecule has 0 saturated carbocycles. The van der Waals surface area contributed by atoms with Crippen molar-refractivity contribution in [3.63, 3.8) is 0 Å². The fourth-order valence-electron chi connectivity index (χ4n) is 1.58. The molecule has 0 saturated heterocycles. The first-order chi connectivity index (χ1) is 9.06. The standard InChI is InChI=1S/C14H14BrNO3/c1-9(14(17)18)16-8-12-6-7-13(19-12)10-2-4-11(15)5-3-10/h2-7,9,16H,8H2,1H3,(H,17,18)/t9-/m1/s1. The zero-order chi connectivity index (χ0) is 13.8. The van der Waals surface area contributed by atoms with E-state index in [1.54, 1.807) is 6.92 Å². The summed E-state index contributed by atoms with van der Waals surface area (Å²) in [6.07, 6.45) is 0. The molecule has 5 heteroatoms. The third kappa shape index (κ3) is 3.68. The van der Waals surface area contributed by atoms with Crippen LogP contribution in [0.4, 0.5) is 0 Å². The Morgan fingerprint density at radius 3 is 2.63 bits per heavy atom. The topological polar surface area (TPSA) is 62.5 Å². The zero-order valence-electron chi connectivity index (χ0n) is 10.4. The van der Waals surface area contributed by atoms with Gasteiger partial charge in [0, 0.05) is 10.0 Å². The first-order valence-corrected chi connectivity index (χ1v) is 6.66. The van der Waals surface area contributed by atoms with Crippen LogP contribution >= 0.6 is 15.9 Å². The number of halogens is 1. The molecule has 1 heterocycles. The summed E-state index contributed by atoms with van der Waals surface area (Å²) in [6.45, 7) is 1.99. The van der Waals surface area contributed by atoms with Gasteiger partial charge in [-0.1, -0.05) is 28.1 Å². The maximum absolute atomic E-state index is 10.7. The van der Waals surface area contributed by atoms with Crippen molar-refractivity contribution in [3.8, 4) is 11.3 Å². The molecule has 0 aliphatic carbocycles. The molecular formula is C14H14BrNO3. The summed E-state index contributed by atoms with van der Waals surface area (Å²) in [5.41, 5.74) is 0.987. The van der Waals surface area contributed by atoms with Crippen molar-refractivity contribution >= 4 is 21.9 Å². The van der Waals surface area contributed by atoms with Crippen molar-refractivity contribution < 1.29 is 14.3 Å². The third-order valence-corrected chi connectivity index (χ3v) is 3.27. The predicted octanol–water partition coefficient (Wildman–Crippen LogP) is 3.27. The maximum Gasteiger partial charge on any atom is 0.320 e. The largest absolute Gasteiger partial charge is 0.480 e. The molecule has 1 aromatic carbocycles. The molecule has 2 N–H and O–H groups in total.